The lowest BCUT2D eigenvalue weighted by atomic mass is 10.0. The highest BCUT2D eigenvalue weighted by Gasteiger charge is 2.24. The van der Waals surface area contributed by atoms with Crippen LogP contribution in [-0.2, 0) is 0 Å². The molecule has 2 aliphatic heterocycles. The molecule has 0 radical (unpaired) electrons. The Morgan fingerprint density at radius 2 is 1.69 bits per heavy atom. The molecule has 0 spiro atoms. The van der Waals surface area contributed by atoms with Crippen molar-refractivity contribution in [3.05, 3.63) is 53.9 Å². The first-order valence-corrected chi connectivity index (χ1v) is 12.5. The molecule has 0 aliphatic carbocycles. The number of hydrogen-bond donors (Lipinski definition) is 1. The molecule has 2 aromatic heterocycles. The summed E-state index contributed by atoms with van der Waals surface area (Å²) in [7, 11) is 0. The number of aliphatic hydroxyl groups is 1. The van der Waals surface area contributed by atoms with Crippen molar-refractivity contribution in [3.8, 4) is 11.1 Å². The smallest absolute Gasteiger partial charge is 0.261 e. The van der Waals surface area contributed by atoms with Gasteiger partial charge in [-0.3, -0.25) is 9.69 Å². The third-order valence-electron chi connectivity index (χ3n) is 6.97. The van der Waals surface area contributed by atoms with Gasteiger partial charge in [-0.1, -0.05) is 0 Å². The Labute approximate surface area is 210 Å². The van der Waals surface area contributed by atoms with Crippen LogP contribution in [0.1, 0.15) is 29.0 Å². The third kappa shape index (κ3) is 5.24. The van der Waals surface area contributed by atoms with Crippen molar-refractivity contribution in [2.75, 3.05) is 55.6 Å². The fourth-order valence-electron chi connectivity index (χ4n) is 4.99. The maximum Gasteiger partial charge on any atom is 0.261 e. The van der Waals surface area contributed by atoms with Gasteiger partial charge in [0.05, 0.1) is 18.3 Å². The number of piperidine rings is 1. The second-order valence-corrected chi connectivity index (χ2v) is 9.65. The van der Waals surface area contributed by atoms with Gasteiger partial charge < -0.3 is 14.9 Å². The molecule has 0 amide bonds. The van der Waals surface area contributed by atoms with E-state index in [4.69, 9.17) is 0 Å². The lowest BCUT2D eigenvalue weighted by molar-refractivity contribution is 0.0824. The van der Waals surface area contributed by atoms with Gasteiger partial charge in [-0.15, -0.1) is 0 Å². The van der Waals surface area contributed by atoms with E-state index in [1.54, 1.807) is 18.5 Å². The Morgan fingerprint density at radius 3 is 2.33 bits per heavy atom. The summed E-state index contributed by atoms with van der Waals surface area (Å²) in [6.07, 6.45) is 4.65. The molecule has 36 heavy (non-hydrogen) atoms. The van der Waals surface area contributed by atoms with E-state index in [9.17, 15) is 14.3 Å². The number of aromatic nitrogens is 4. The number of aryl methyl sites for hydroxylation is 2. The number of aliphatic hydroxyl groups excluding tert-OH is 1. The normalized spacial score (nSPS) is 17.6. The summed E-state index contributed by atoms with van der Waals surface area (Å²) < 4.78 is 15.7. The Balaban J connectivity index is 1.26. The Morgan fingerprint density at radius 1 is 1.00 bits per heavy atom. The molecular weight excluding hydrogens is 461 g/mol. The van der Waals surface area contributed by atoms with Crippen LogP contribution in [-0.4, -0.2) is 87.6 Å². The summed E-state index contributed by atoms with van der Waals surface area (Å²) in [5.41, 5.74) is 4.12. The van der Waals surface area contributed by atoms with Crippen LogP contribution in [0.15, 0.2) is 36.7 Å². The number of piperazine rings is 1. The van der Waals surface area contributed by atoms with E-state index >= 15 is 0 Å². The van der Waals surface area contributed by atoms with E-state index in [1.165, 1.54) is 16.8 Å². The van der Waals surface area contributed by atoms with E-state index in [0.29, 0.717) is 25.3 Å². The fraction of sp³-hybridized carbons (Fsp3) is 0.462. The summed E-state index contributed by atoms with van der Waals surface area (Å²) >= 11 is 0. The zero-order chi connectivity index (χ0) is 25.2. The second-order valence-electron chi connectivity index (χ2n) is 9.65. The van der Waals surface area contributed by atoms with Crippen LogP contribution in [0, 0.1) is 19.7 Å². The molecule has 2 saturated heterocycles. The largest absolute Gasteiger partial charge is 0.393 e. The zero-order valence-corrected chi connectivity index (χ0v) is 20.8. The molecule has 2 aliphatic rings. The third-order valence-corrected chi connectivity index (χ3v) is 6.97. The SMILES string of the molecule is Cc1cc(C)n(C(=O)CN2CCN(c3ccc(F)cc3-c3cnc(N4CCC(O)CC4)nc3)CC2)n1. The number of benzene rings is 1. The maximum atomic E-state index is 14.3. The molecule has 1 aromatic carbocycles. The van der Waals surface area contributed by atoms with E-state index in [0.717, 1.165) is 67.5 Å². The molecule has 5 rings (SSSR count). The van der Waals surface area contributed by atoms with E-state index in [1.807, 2.05) is 19.9 Å². The van der Waals surface area contributed by atoms with E-state index < -0.39 is 0 Å². The highest BCUT2D eigenvalue weighted by Crippen LogP contribution is 2.32. The number of rotatable bonds is 5. The van der Waals surface area contributed by atoms with Gasteiger partial charge in [-0.25, -0.2) is 19.0 Å². The molecule has 0 atom stereocenters. The number of hydrogen-bond acceptors (Lipinski definition) is 8. The summed E-state index contributed by atoms with van der Waals surface area (Å²) in [6, 6.07) is 6.72. The minimum Gasteiger partial charge on any atom is -0.393 e. The Hall–Kier alpha value is -3.37. The van der Waals surface area contributed by atoms with Crippen molar-refractivity contribution in [2.24, 2.45) is 0 Å². The Kier molecular flexibility index (Phi) is 6.97. The summed E-state index contributed by atoms with van der Waals surface area (Å²) in [5.74, 6) is 0.290. The van der Waals surface area contributed by atoms with Gasteiger partial charge in [-0.05, 0) is 51.0 Å². The van der Waals surface area contributed by atoms with E-state index in [2.05, 4.69) is 29.8 Å². The van der Waals surface area contributed by atoms with Gasteiger partial charge in [-0.2, -0.15) is 5.10 Å². The molecule has 3 aromatic rings. The zero-order valence-electron chi connectivity index (χ0n) is 20.8. The average Bonchev–Trinajstić information content (AvgIpc) is 3.23. The second kappa shape index (κ2) is 10.3. The minimum atomic E-state index is -0.308. The highest BCUT2D eigenvalue weighted by molar-refractivity contribution is 5.81. The average molecular weight is 494 g/mol. The highest BCUT2D eigenvalue weighted by atomic mass is 19.1. The van der Waals surface area contributed by atoms with Crippen LogP contribution >= 0.6 is 0 Å². The van der Waals surface area contributed by atoms with Crippen molar-refractivity contribution < 1.29 is 14.3 Å². The number of halogens is 1. The van der Waals surface area contributed by atoms with E-state index in [-0.39, 0.29) is 17.8 Å². The maximum absolute atomic E-state index is 14.3. The van der Waals surface area contributed by atoms with Crippen molar-refractivity contribution in [2.45, 2.75) is 32.8 Å². The lowest BCUT2D eigenvalue weighted by Gasteiger charge is -2.36. The van der Waals surface area contributed by atoms with Crippen molar-refractivity contribution in [3.63, 3.8) is 0 Å². The molecule has 1 N–H and O–H groups in total. The van der Waals surface area contributed by atoms with Gasteiger partial charge in [0.1, 0.15) is 5.82 Å². The van der Waals surface area contributed by atoms with Crippen LogP contribution < -0.4 is 9.80 Å². The van der Waals surface area contributed by atoms with Gasteiger partial charge in [0.2, 0.25) is 5.95 Å². The summed E-state index contributed by atoms with van der Waals surface area (Å²) in [6.45, 7) is 8.41. The predicted octanol–water partition coefficient (Wildman–Crippen LogP) is 2.52. The molecule has 9 nitrogen and oxygen atoms in total. The topological polar surface area (TPSA) is 90.6 Å². The van der Waals surface area contributed by atoms with Crippen LogP contribution in [0.25, 0.3) is 11.1 Å². The van der Waals surface area contributed by atoms with Gasteiger partial charge in [0, 0.05) is 74.2 Å². The standard InChI is InChI=1S/C26H32FN7O2/c1-18-13-19(2)34(30-18)25(36)17-31-9-11-32(12-10-31)24-4-3-21(27)14-23(24)20-15-28-26(29-16-20)33-7-5-22(35)6-8-33/h3-4,13-16,22,35H,5-12,17H2,1-2H3. The molecule has 0 saturated carbocycles. The predicted molar refractivity (Wildman–Crippen MR) is 136 cm³/mol. The first-order chi connectivity index (χ1) is 17.4. The van der Waals surface area contributed by atoms with Gasteiger partial charge in [0.25, 0.3) is 5.91 Å². The molecule has 2 fully saturated rings. The first-order valence-electron chi connectivity index (χ1n) is 12.5. The van der Waals surface area contributed by atoms with Crippen LogP contribution in [0.2, 0.25) is 0 Å². The molecule has 4 heterocycles. The van der Waals surface area contributed by atoms with Crippen molar-refractivity contribution in [1.82, 2.24) is 24.6 Å². The summed E-state index contributed by atoms with van der Waals surface area (Å²) in [5, 5.41) is 14.0. The first kappa shape index (κ1) is 24.3. The quantitative estimate of drug-likeness (QED) is 0.580. The Bertz CT molecular complexity index is 1210. The van der Waals surface area contributed by atoms with Crippen LogP contribution in [0.5, 0.6) is 0 Å². The van der Waals surface area contributed by atoms with Crippen LogP contribution in [0.4, 0.5) is 16.0 Å². The van der Waals surface area contributed by atoms with Crippen LogP contribution in [0.3, 0.4) is 0 Å². The molecule has 0 unspecified atom stereocenters. The number of anilines is 2. The lowest BCUT2D eigenvalue weighted by Crippen LogP contribution is -2.48. The van der Waals surface area contributed by atoms with Gasteiger partial charge >= 0.3 is 0 Å². The number of carbonyl (C=O) groups excluding carboxylic acids is 1. The van der Waals surface area contributed by atoms with Crippen molar-refractivity contribution >= 4 is 17.5 Å². The monoisotopic (exact) mass is 493 g/mol. The van der Waals surface area contributed by atoms with Crippen molar-refractivity contribution in [1.29, 1.82) is 0 Å². The number of carbonyl (C=O) groups is 1. The molecule has 0 bridgehead atoms. The molecular formula is C26H32FN7O2. The molecule has 10 heteroatoms. The minimum absolute atomic E-state index is 0.0306. The fourth-order valence-corrected chi connectivity index (χ4v) is 4.99. The summed E-state index contributed by atoms with van der Waals surface area (Å²) in [4.78, 5) is 28.2. The van der Waals surface area contributed by atoms with Gasteiger partial charge in [0.15, 0.2) is 0 Å². The number of nitrogens with zero attached hydrogens (tertiary/aromatic N) is 7. The molecule has 190 valence electrons.